The number of rotatable bonds is 5. The highest BCUT2D eigenvalue weighted by Gasteiger charge is 2.47. The van der Waals surface area contributed by atoms with Crippen molar-refractivity contribution in [2.75, 3.05) is 7.11 Å². The lowest BCUT2D eigenvalue weighted by Crippen LogP contribution is -2.42. The van der Waals surface area contributed by atoms with Gasteiger partial charge in [-0.25, -0.2) is 0 Å². The summed E-state index contributed by atoms with van der Waals surface area (Å²) in [5, 5.41) is 2.91. The molecule has 31 heavy (non-hydrogen) atoms. The zero-order valence-electron chi connectivity index (χ0n) is 17.4. The smallest absolute Gasteiger partial charge is 0.304 e. The first-order valence-corrected chi connectivity index (χ1v) is 10.1. The lowest BCUT2D eigenvalue weighted by molar-refractivity contribution is -0.596. The number of ether oxygens (including phenoxy) is 1. The Morgan fingerprint density at radius 1 is 1.00 bits per heavy atom. The second kappa shape index (κ2) is 8.83. The molecule has 0 aliphatic carbocycles. The Labute approximate surface area is 181 Å². The lowest BCUT2D eigenvalue weighted by Gasteiger charge is -2.15. The van der Waals surface area contributed by atoms with E-state index in [1.807, 2.05) is 67.7 Å². The van der Waals surface area contributed by atoms with Crippen LogP contribution in [0, 0.1) is 6.92 Å². The number of hydrogen-bond acceptors (Lipinski definition) is 3. The fourth-order valence-corrected chi connectivity index (χ4v) is 3.61. The van der Waals surface area contributed by atoms with Gasteiger partial charge in [0.05, 0.1) is 7.11 Å². The van der Waals surface area contributed by atoms with E-state index in [-0.39, 0.29) is 11.8 Å². The van der Waals surface area contributed by atoms with E-state index in [0.29, 0.717) is 11.3 Å². The SMILES string of the molecule is COc1ccc(C(=O)N[C@H]2C(=O)N/[N+](=C\c3ccccc3)[C@@H]2c2ccc(C)cc2)cc1. The Morgan fingerprint density at radius 3 is 2.32 bits per heavy atom. The molecule has 0 radical (unpaired) electrons. The predicted molar refractivity (Wildman–Crippen MR) is 118 cm³/mol. The lowest BCUT2D eigenvalue weighted by atomic mass is 9.98. The van der Waals surface area contributed by atoms with Crippen molar-refractivity contribution in [2.24, 2.45) is 0 Å². The molecule has 0 bridgehead atoms. The molecule has 1 heterocycles. The fourth-order valence-electron chi connectivity index (χ4n) is 3.61. The third kappa shape index (κ3) is 4.48. The fraction of sp³-hybridized carbons (Fsp3) is 0.160. The molecule has 0 saturated carbocycles. The second-order valence-electron chi connectivity index (χ2n) is 7.46. The number of methoxy groups -OCH3 is 1. The topological polar surface area (TPSA) is 70.4 Å². The van der Waals surface area contributed by atoms with Gasteiger partial charge in [0.1, 0.15) is 5.75 Å². The molecule has 2 atom stereocenters. The number of hydrogen-bond donors (Lipinski definition) is 2. The maximum atomic E-state index is 12.9. The van der Waals surface area contributed by atoms with Crippen LogP contribution in [0.2, 0.25) is 0 Å². The quantitative estimate of drug-likeness (QED) is 0.631. The molecule has 156 valence electrons. The summed E-state index contributed by atoms with van der Waals surface area (Å²) in [7, 11) is 1.57. The van der Waals surface area contributed by atoms with Gasteiger partial charge in [-0.2, -0.15) is 0 Å². The number of hydrazone groups is 1. The number of carbonyl (C=O) groups is 2. The number of aryl methyl sites for hydroxylation is 1. The number of benzene rings is 3. The Kier molecular flexibility index (Phi) is 5.80. The standard InChI is InChI=1S/C25H23N3O3/c1-17-8-10-19(11-9-17)23-22(26-24(29)20-12-14-21(31-2)15-13-20)25(30)27-28(23)16-18-6-4-3-5-7-18/h3-16,22-23H,1-2H3,(H-,26,27,29,30)/p+1/b28-16-/t22-,23-/m1/s1. The molecule has 1 fully saturated rings. The third-order valence-electron chi connectivity index (χ3n) is 5.28. The van der Waals surface area contributed by atoms with E-state index < -0.39 is 12.1 Å². The van der Waals surface area contributed by atoms with Crippen LogP contribution >= 0.6 is 0 Å². The number of carbonyl (C=O) groups excluding carboxylic acids is 2. The van der Waals surface area contributed by atoms with Crippen LogP contribution in [0.25, 0.3) is 0 Å². The number of amides is 2. The van der Waals surface area contributed by atoms with E-state index in [9.17, 15) is 9.59 Å². The van der Waals surface area contributed by atoms with E-state index in [1.165, 1.54) is 0 Å². The number of nitrogens with one attached hydrogen (secondary N) is 2. The van der Waals surface area contributed by atoms with Gasteiger partial charge in [-0.3, -0.25) is 9.59 Å². The first-order chi connectivity index (χ1) is 15.0. The zero-order valence-corrected chi connectivity index (χ0v) is 17.4. The van der Waals surface area contributed by atoms with E-state index in [0.717, 1.165) is 16.7 Å². The summed E-state index contributed by atoms with van der Waals surface area (Å²) in [6, 6.07) is 23.4. The van der Waals surface area contributed by atoms with Crippen LogP contribution in [-0.4, -0.2) is 35.9 Å². The normalized spacial score (nSPS) is 19.2. The predicted octanol–water partition coefficient (Wildman–Crippen LogP) is 3.02. The first-order valence-electron chi connectivity index (χ1n) is 10.1. The van der Waals surface area contributed by atoms with Gasteiger partial charge in [-0.1, -0.05) is 48.0 Å². The summed E-state index contributed by atoms with van der Waals surface area (Å²) < 4.78 is 6.91. The molecular weight excluding hydrogens is 390 g/mol. The summed E-state index contributed by atoms with van der Waals surface area (Å²) >= 11 is 0. The molecule has 4 rings (SSSR count). The first kappa shape index (κ1) is 20.3. The van der Waals surface area contributed by atoms with Crippen molar-refractivity contribution in [3.8, 4) is 5.75 Å². The molecule has 1 aliphatic rings. The van der Waals surface area contributed by atoms with Crippen molar-refractivity contribution in [3.05, 3.63) is 101 Å². The van der Waals surface area contributed by atoms with Gasteiger partial charge in [0.2, 0.25) is 12.3 Å². The highest BCUT2D eigenvalue weighted by molar-refractivity contribution is 5.98. The average Bonchev–Trinajstić information content (AvgIpc) is 3.09. The minimum Gasteiger partial charge on any atom is -0.497 e. The van der Waals surface area contributed by atoms with Gasteiger partial charge < -0.3 is 10.1 Å². The van der Waals surface area contributed by atoms with Crippen LogP contribution in [0.3, 0.4) is 0 Å². The van der Waals surface area contributed by atoms with Gasteiger partial charge in [0, 0.05) is 16.7 Å². The van der Waals surface area contributed by atoms with Crippen LogP contribution in [-0.2, 0) is 4.79 Å². The third-order valence-corrected chi connectivity index (χ3v) is 5.28. The van der Waals surface area contributed by atoms with Gasteiger partial charge >= 0.3 is 5.91 Å². The second-order valence-corrected chi connectivity index (χ2v) is 7.46. The number of hydrazine groups is 1. The maximum Gasteiger partial charge on any atom is 0.304 e. The van der Waals surface area contributed by atoms with E-state index in [2.05, 4.69) is 10.7 Å². The Bertz CT molecular complexity index is 1110. The molecule has 0 aromatic heterocycles. The Balaban J connectivity index is 1.67. The van der Waals surface area contributed by atoms with Crippen LogP contribution in [0.15, 0.2) is 78.9 Å². The molecule has 1 saturated heterocycles. The monoisotopic (exact) mass is 414 g/mol. The highest BCUT2D eigenvalue weighted by atomic mass is 16.5. The average molecular weight is 414 g/mol. The Hall–Kier alpha value is -3.93. The summed E-state index contributed by atoms with van der Waals surface area (Å²) in [5.41, 5.74) is 6.35. The van der Waals surface area contributed by atoms with Gasteiger partial charge in [0.25, 0.3) is 5.91 Å². The van der Waals surface area contributed by atoms with Crippen LogP contribution in [0.5, 0.6) is 5.75 Å². The summed E-state index contributed by atoms with van der Waals surface area (Å²) in [6.45, 7) is 2.01. The van der Waals surface area contributed by atoms with Gasteiger partial charge in [-0.05, 0) is 43.3 Å². The maximum absolute atomic E-state index is 12.9. The summed E-state index contributed by atoms with van der Waals surface area (Å²) in [5.74, 6) is 0.0809. The van der Waals surface area contributed by atoms with E-state index in [1.54, 1.807) is 36.1 Å². The molecule has 0 spiro atoms. The zero-order chi connectivity index (χ0) is 21.8. The molecule has 2 N–H and O–H groups in total. The van der Waals surface area contributed by atoms with E-state index in [4.69, 9.17) is 4.74 Å². The van der Waals surface area contributed by atoms with Crippen LogP contribution in [0.1, 0.15) is 33.1 Å². The van der Waals surface area contributed by atoms with Gasteiger partial charge in [0.15, 0.2) is 6.04 Å². The van der Waals surface area contributed by atoms with Crippen molar-refractivity contribution in [1.82, 2.24) is 10.7 Å². The van der Waals surface area contributed by atoms with Crippen LogP contribution in [0.4, 0.5) is 0 Å². The molecule has 3 aromatic carbocycles. The largest absolute Gasteiger partial charge is 0.497 e. The minimum absolute atomic E-state index is 0.264. The van der Waals surface area contributed by atoms with Crippen LogP contribution < -0.4 is 15.5 Å². The molecule has 1 aliphatic heterocycles. The van der Waals surface area contributed by atoms with Crippen molar-refractivity contribution >= 4 is 18.0 Å². The van der Waals surface area contributed by atoms with E-state index >= 15 is 0 Å². The summed E-state index contributed by atoms with van der Waals surface area (Å²) in [6.07, 6.45) is 1.88. The molecule has 6 nitrogen and oxygen atoms in total. The van der Waals surface area contributed by atoms with Crippen molar-refractivity contribution in [1.29, 1.82) is 0 Å². The minimum atomic E-state index is -0.753. The molecule has 0 unspecified atom stereocenters. The van der Waals surface area contributed by atoms with Crippen molar-refractivity contribution in [2.45, 2.75) is 19.0 Å². The van der Waals surface area contributed by atoms with Crippen molar-refractivity contribution < 1.29 is 19.0 Å². The number of nitrogens with zero attached hydrogens (tertiary/aromatic N) is 1. The molecule has 2 amide bonds. The Morgan fingerprint density at radius 2 is 1.68 bits per heavy atom. The van der Waals surface area contributed by atoms with Gasteiger partial charge in [-0.15, -0.1) is 10.1 Å². The summed E-state index contributed by atoms with van der Waals surface area (Å²) in [4.78, 5) is 25.8. The molecule has 6 heteroatoms. The highest BCUT2D eigenvalue weighted by Crippen LogP contribution is 2.26. The van der Waals surface area contributed by atoms with Crippen molar-refractivity contribution in [3.63, 3.8) is 0 Å². The molecule has 3 aromatic rings. The molecular formula is C25H24N3O3+.